The molecule has 0 fully saturated rings. The molecule has 0 radical (unpaired) electrons. The molecule has 0 aliphatic heterocycles. The highest BCUT2D eigenvalue weighted by Crippen LogP contribution is 2.27. The standard InChI is InChI=1S/C17H16O3S/c1-20-17(19)16(21-14-10-6-3-7-11-14)12-15(18)13-8-4-2-5-9-13/h2-11,16H,12H2,1H3. The van der Waals surface area contributed by atoms with Crippen LogP contribution in [0.2, 0.25) is 0 Å². The van der Waals surface area contributed by atoms with E-state index in [9.17, 15) is 9.59 Å². The van der Waals surface area contributed by atoms with Crippen LogP contribution in [0.25, 0.3) is 0 Å². The van der Waals surface area contributed by atoms with Gasteiger partial charge in [-0.2, -0.15) is 0 Å². The molecule has 0 spiro atoms. The summed E-state index contributed by atoms with van der Waals surface area (Å²) in [6.45, 7) is 0. The van der Waals surface area contributed by atoms with Crippen LogP contribution in [0.5, 0.6) is 0 Å². The molecule has 0 saturated carbocycles. The van der Waals surface area contributed by atoms with Gasteiger partial charge < -0.3 is 4.74 Å². The zero-order valence-corrected chi connectivity index (χ0v) is 12.5. The van der Waals surface area contributed by atoms with Crippen molar-refractivity contribution in [3.63, 3.8) is 0 Å². The molecular formula is C17H16O3S. The predicted octanol–water partition coefficient (Wildman–Crippen LogP) is 3.59. The van der Waals surface area contributed by atoms with E-state index in [1.54, 1.807) is 12.1 Å². The van der Waals surface area contributed by atoms with Crippen molar-refractivity contribution in [2.24, 2.45) is 0 Å². The Balaban J connectivity index is 2.10. The summed E-state index contributed by atoms with van der Waals surface area (Å²) in [6, 6.07) is 18.5. The normalized spacial score (nSPS) is 11.7. The maximum Gasteiger partial charge on any atom is 0.319 e. The summed E-state index contributed by atoms with van der Waals surface area (Å²) in [7, 11) is 1.34. The number of carbonyl (C=O) groups is 2. The Kier molecular flexibility index (Phi) is 5.58. The third-order valence-corrected chi connectivity index (χ3v) is 4.14. The fourth-order valence-electron chi connectivity index (χ4n) is 1.88. The summed E-state index contributed by atoms with van der Waals surface area (Å²) in [5.41, 5.74) is 0.611. The van der Waals surface area contributed by atoms with Crippen molar-refractivity contribution in [3.05, 3.63) is 66.2 Å². The first kappa shape index (κ1) is 15.3. The number of methoxy groups -OCH3 is 1. The number of rotatable bonds is 6. The minimum absolute atomic E-state index is 0.0607. The van der Waals surface area contributed by atoms with E-state index in [0.717, 1.165) is 4.90 Å². The number of hydrogen-bond donors (Lipinski definition) is 0. The summed E-state index contributed by atoms with van der Waals surface area (Å²) in [5.74, 6) is -0.442. The van der Waals surface area contributed by atoms with Gasteiger partial charge in [-0.1, -0.05) is 48.5 Å². The second-order valence-electron chi connectivity index (χ2n) is 4.44. The number of carbonyl (C=O) groups excluding carboxylic acids is 2. The molecule has 0 heterocycles. The molecule has 3 nitrogen and oxygen atoms in total. The lowest BCUT2D eigenvalue weighted by Crippen LogP contribution is -2.22. The fraction of sp³-hybridized carbons (Fsp3) is 0.176. The molecule has 21 heavy (non-hydrogen) atoms. The third-order valence-electron chi connectivity index (χ3n) is 2.95. The number of Topliss-reactive ketones (excluding diaryl/α,β-unsaturated/α-hetero) is 1. The molecular weight excluding hydrogens is 284 g/mol. The number of benzene rings is 2. The van der Waals surface area contributed by atoms with Crippen molar-refractivity contribution in [2.75, 3.05) is 7.11 Å². The molecule has 108 valence electrons. The van der Waals surface area contributed by atoms with Crippen LogP contribution in [0.4, 0.5) is 0 Å². The second kappa shape index (κ2) is 7.64. The van der Waals surface area contributed by atoms with E-state index in [1.165, 1.54) is 18.9 Å². The SMILES string of the molecule is COC(=O)C(CC(=O)c1ccccc1)Sc1ccccc1. The van der Waals surface area contributed by atoms with Crippen molar-refractivity contribution in [2.45, 2.75) is 16.6 Å². The lowest BCUT2D eigenvalue weighted by Gasteiger charge is -2.13. The van der Waals surface area contributed by atoms with Crippen LogP contribution in [-0.4, -0.2) is 24.1 Å². The van der Waals surface area contributed by atoms with E-state index >= 15 is 0 Å². The third kappa shape index (κ3) is 4.46. The minimum atomic E-state index is -0.537. The van der Waals surface area contributed by atoms with E-state index in [2.05, 4.69) is 0 Å². The molecule has 2 rings (SSSR count). The van der Waals surface area contributed by atoms with Crippen LogP contribution in [-0.2, 0) is 9.53 Å². The molecule has 0 aromatic heterocycles. The quantitative estimate of drug-likeness (QED) is 0.464. The molecule has 0 N–H and O–H groups in total. The lowest BCUT2D eigenvalue weighted by molar-refractivity contribution is -0.139. The van der Waals surface area contributed by atoms with Crippen LogP contribution >= 0.6 is 11.8 Å². The number of thioether (sulfide) groups is 1. The second-order valence-corrected chi connectivity index (χ2v) is 5.71. The molecule has 1 atom stereocenters. The van der Waals surface area contributed by atoms with E-state index in [0.29, 0.717) is 5.56 Å². The number of hydrogen-bond acceptors (Lipinski definition) is 4. The van der Waals surface area contributed by atoms with E-state index < -0.39 is 5.25 Å². The summed E-state index contributed by atoms with van der Waals surface area (Å²) >= 11 is 1.35. The molecule has 4 heteroatoms. The Morgan fingerprint density at radius 1 is 1.00 bits per heavy atom. The lowest BCUT2D eigenvalue weighted by atomic mass is 10.1. The smallest absolute Gasteiger partial charge is 0.319 e. The molecule has 0 amide bonds. The maximum absolute atomic E-state index is 12.2. The summed E-state index contributed by atoms with van der Waals surface area (Å²) in [4.78, 5) is 25.1. The Bertz CT molecular complexity index is 596. The largest absolute Gasteiger partial charge is 0.468 e. The van der Waals surface area contributed by atoms with E-state index in [4.69, 9.17) is 4.74 Å². The van der Waals surface area contributed by atoms with Gasteiger partial charge in [0.1, 0.15) is 5.25 Å². The Morgan fingerprint density at radius 3 is 2.14 bits per heavy atom. The fourth-order valence-corrected chi connectivity index (χ4v) is 2.95. The van der Waals surface area contributed by atoms with Crippen molar-refractivity contribution >= 4 is 23.5 Å². The van der Waals surface area contributed by atoms with Gasteiger partial charge in [0.25, 0.3) is 0 Å². The van der Waals surface area contributed by atoms with Gasteiger partial charge in [0.15, 0.2) is 5.78 Å². The average molecular weight is 300 g/mol. The van der Waals surface area contributed by atoms with Gasteiger partial charge in [-0.25, -0.2) is 0 Å². The van der Waals surface area contributed by atoms with E-state index in [1.807, 2.05) is 48.5 Å². The molecule has 1 unspecified atom stereocenters. The average Bonchev–Trinajstić information content (AvgIpc) is 2.55. The minimum Gasteiger partial charge on any atom is -0.468 e. The first-order valence-corrected chi connectivity index (χ1v) is 7.46. The molecule has 0 aliphatic rings. The maximum atomic E-state index is 12.2. The van der Waals surface area contributed by atoms with Gasteiger partial charge in [-0.15, -0.1) is 11.8 Å². The Labute approximate surface area is 128 Å². The first-order valence-electron chi connectivity index (χ1n) is 6.58. The summed E-state index contributed by atoms with van der Waals surface area (Å²) < 4.78 is 4.81. The highest BCUT2D eigenvalue weighted by molar-refractivity contribution is 8.00. The monoisotopic (exact) mass is 300 g/mol. The van der Waals surface area contributed by atoms with Crippen LogP contribution < -0.4 is 0 Å². The highest BCUT2D eigenvalue weighted by Gasteiger charge is 2.24. The summed E-state index contributed by atoms with van der Waals surface area (Å²) in [6.07, 6.45) is 0.121. The van der Waals surface area contributed by atoms with Crippen molar-refractivity contribution < 1.29 is 14.3 Å². The van der Waals surface area contributed by atoms with Crippen molar-refractivity contribution in [1.29, 1.82) is 0 Å². The van der Waals surface area contributed by atoms with Gasteiger partial charge in [-0.3, -0.25) is 9.59 Å². The van der Waals surface area contributed by atoms with Crippen LogP contribution in [0.1, 0.15) is 16.8 Å². The van der Waals surface area contributed by atoms with Crippen LogP contribution in [0.15, 0.2) is 65.6 Å². The highest BCUT2D eigenvalue weighted by atomic mass is 32.2. The van der Waals surface area contributed by atoms with Crippen LogP contribution in [0, 0.1) is 0 Å². The van der Waals surface area contributed by atoms with Gasteiger partial charge >= 0.3 is 5.97 Å². The van der Waals surface area contributed by atoms with Gasteiger partial charge in [0, 0.05) is 16.9 Å². The van der Waals surface area contributed by atoms with E-state index in [-0.39, 0.29) is 18.2 Å². The molecule has 0 bridgehead atoms. The zero-order valence-electron chi connectivity index (χ0n) is 11.7. The Morgan fingerprint density at radius 2 is 1.57 bits per heavy atom. The molecule has 2 aromatic rings. The zero-order chi connectivity index (χ0) is 15.1. The number of esters is 1. The molecule has 0 saturated heterocycles. The summed E-state index contributed by atoms with van der Waals surface area (Å²) in [5, 5.41) is -0.537. The number of ketones is 1. The molecule has 2 aromatic carbocycles. The van der Waals surface area contributed by atoms with Crippen molar-refractivity contribution in [3.8, 4) is 0 Å². The first-order chi connectivity index (χ1) is 10.2. The van der Waals surface area contributed by atoms with Gasteiger partial charge in [0.05, 0.1) is 7.11 Å². The Hall–Kier alpha value is -2.07. The van der Waals surface area contributed by atoms with Gasteiger partial charge in [0.2, 0.25) is 0 Å². The van der Waals surface area contributed by atoms with Crippen LogP contribution in [0.3, 0.4) is 0 Å². The van der Waals surface area contributed by atoms with Gasteiger partial charge in [-0.05, 0) is 12.1 Å². The van der Waals surface area contributed by atoms with Crippen molar-refractivity contribution in [1.82, 2.24) is 0 Å². The predicted molar refractivity (Wildman–Crippen MR) is 83.5 cm³/mol. The topological polar surface area (TPSA) is 43.4 Å². The number of ether oxygens (including phenoxy) is 1. The molecule has 0 aliphatic carbocycles.